The maximum atomic E-state index is 12.3. The zero-order chi connectivity index (χ0) is 15.4. The Labute approximate surface area is 132 Å². The molecule has 3 rings (SSSR count). The highest BCUT2D eigenvalue weighted by atomic mass is 16.7. The Bertz CT molecular complexity index is 403. The van der Waals surface area contributed by atoms with Gasteiger partial charge in [0.25, 0.3) is 0 Å². The van der Waals surface area contributed by atoms with E-state index in [0.29, 0.717) is 25.6 Å². The first-order chi connectivity index (χ1) is 10.7. The number of carbonyl (C=O) groups is 2. The van der Waals surface area contributed by atoms with Crippen LogP contribution in [-0.4, -0.2) is 60.6 Å². The molecule has 124 valence electrons. The minimum absolute atomic E-state index is 0.00499. The van der Waals surface area contributed by atoms with E-state index in [1.807, 2.05) is 0 Å². The third-order valence-corrected chi connectivity index (χ3v) is 5.06. The molecule has 6 heteroatoms. The molecule has 2 amide bonds. The number of hydroxylamine groups is 2. The number of piperazine rings is 1. The molecule has 22 heavy (non-hydrogen) atoms. The highest BCUT2D eigenvalue weighted by molar-refractivity contribution is 5.88. The van der Waals surface area contributed by atoms with Crippen LogP contribution in [0.15, 0.2) is 0 Å². The van der Waals surface area contributed by atoms with Crippen molar-refractivity contribution >= 4 is 11.8 Å². The minimum Gasteiger partial charge on any atom is -0.353 e. The number of rotatable bonds is 4. The fourth-order valence-electron chi connectivity index (χ4n) is 3.82. The van der Waals surface area contributed by atoms with Gasteiger partial charge in [-0.2, -0.15) is 0 Å². The van der Waals surface area contributed by atoms with Crippen LogP contribution in [0.5, 0.6) is 0 Å². The average molecular weight is 309 g/mol. The van der Waals surface area contributed by atoms with Crippen molar-refractivity contribution in [1.82, 2.24) is 15.3 Å². The molecule has 1 saturated carbocycles. The zero-order valence-corrected chi connectivity index (χ0v) is 13.3. The smallest absolute Gasteiger partial charge is 0.248 e. The molecule has 0 aromatic heterocycles. The Morgan fingerprint density at radius 3 is 2.73 bits per heavy atom. The normalized spacial score (nSPS) is 27.9. The van der Waals surface area contributed by atoms with Crippen LogP contribution in [0, 0.1) is 5.92 Å². The predicted octanol–water partition coefficient (Wildman–Crippen LogP) is 0.921. The van der Waals surface area contributed by atoms with Crippen molar-refractivity contribution < 1.29 is 14.4 Å². The molecule has 2 aliphatic heterocycles. The first kappa shape index (κ1) is 15.7. The van der Waals surface area contributed by atoms with Crippen molar-refractivity contribution in [1.29, 1.82) is 0 Å². The summed E-state index contributed by atoms with van der Waals surface area (Å²) in [6, 6.07) is -0.327. The van der Waals surface area contributed by atoms with Crippen LogP contribution in [0.25, 0.3) is 0 Å². The lowest BCUT2D eigenvalue weighted by Crippen LogP contribution is -2.57. The van der Waals surface area contributed by atoms with Crippen molar-refractivity contribution in [3.05, 3.63) is 0 Å². The first-order valence-electron chi connectivity index (χ1n) is 8.69. The molecule has 0 unspecified atom stereocenters. The van der Waals surface area contributed by atoms with Crippen molar-refractivity contribution in [3.8, 4) is 0 Å². The van der Waals surface area contributed by atoms with Gasteiger partial charge in [0.05, 0.1) is 25.6 Å². The van der Waals surface area contributed by atoms with Crippen LogP contribution >= 0.6 is 0 Å². The monoisotopic (exact) mass is 309 g/mol. The fraction of sp³-hybridized carbons (Fsp3) is 0.875. The van der Waals surface area contributed by atoms with Gasteiger partial charge in [-0.3, -0.25) is 19.3 Å². The third kappa shape index (κ3) is 3.79. The Morgan fingerprint density at radius 1 is 1.18 bits per heavy atom. The lowest BCUT2D eigenvalue weighted by Gasteiger charge is -2.38. The van der Waals surface area contributed by atoms with Gasteiger partial charge in [-0.05, 0) is 25.2 Å². The second kappa shape index (κ2) is 7.42. The van der Waals surface area contributed by atoms with E-state index >= 15 is 0 Å². The number of amides is 2. The molecule has 3 aliphatic rings. The quantitative estimate of drug-likeness (QED) is 0.839. The van der Waals surface area contributed by atoms with E-state index in [1.165, 1.54) is 37.2 Å². The second-order valence-electron chi connectivity index (χ2n) is 6.69. The molecule has 0 spiro atoms. The van der Waals surface area contributed by atoms with Crippen LogP contribution in [0.3, 0.4) is 0 Å². The SMILES string of the molecule is O=C1NCCN(CC2CCCCC2)[C@H]1CC(=O)N1CCCO1. The lowest BCUT2D eigenvalue weighted by atomic mass is 9.88. The van der Waals surface area contributed by atoms with Gasteiger partial charge in [-0.25, -0.2) is 5.06 Å². The molecule has 3 fully saturated rings. The summed E-state index contributed by atoms with van der Waals surface area (Å²) in [5, 5.41) is 4.33. The maximum Gasteiger partial charge on any atom is 0.248 e. The molecule has 1 aliphatic carbocycles. The topological polar surface area (TPSA) is 61.9 Å². The van der Waals surface area contributed by atoms with E-state index in [0.717, 1.165) is 19.5 Å². The van der Waals surface area contributed by atoms with Gasteiger partial charge in [0.1, 0.15) is 0 Å². The van der Waals surface area contributed by atoms with E-state index in [1.54, 1.807) is 0 Å². The van der Waals surface area contributed by atoms with Crippen LogP contribution in [-0.2, 0) is 14.4 Å². The summed E-state index contributed by atoms with van der Waals surface area (Å²) in [5.41, 5.74) is 0. The van der Waals surface area contributed by atoms with Gasteiger partial charge < -0.3 is 5.32 Å². The van der Waals surface area contributed by atoms with Crippen LogP contribution in [0.2, 0.25) is 0 Å². The highest BCUT2D eigenvalue weighted by Gasteiger charge is 2.35. The molecule has 0 bridgehead atoms. The van der Waals surface area contributed by atoms with Gasteiger partial charge >= 0.3 is 0 Å². The Kier molecular flexibility index (Phi) is 5.31. The van der Waals surface area contributed by atoms with Gasteiger partial charge in [-0.1, -0.05) is 19.3 Å². The summed E-state index contributed by atoms with van der Waals surface area (Å²) in [7, 11) is 0. The molecule has 0 radical (unpaired) electrons. The Hall–Kier alpha value is -1.14. The van der Waals surface area contributed by atoms with Gasteiger partial charge in [0.2, 0.25) is 11.8 Å². The summed E-state index contributed by atoms with van der Waals surface area (Å²) in [4.78, 5) is 32.1. The lowest BCUT2D eigenvalue weighted by molar-refractivity contribution is -0.171. The molecule has 1 atom stereocenters. The van der Waals surface area contributed by atoms with Crippen LogP contribution in [0.1, 0.15) is 44.9 Å². The summed E-state index contributed by atoms with van der Waals surface area (Å²) >= 11 is 0. The third-order valence-electron chi connectivity index (χ3n) is 5.06. The van der Waals surface area contributed by atoms with Crippen LogP contribution in [0.4, 0.5) is 0 Å². The molecule has 2 heterocycles. The van der Waals surface area contributed by atoms with Gasteiger partial charge in [0, 0.05) is 19.6 Å². The van der Waals surface area contributed by atoms with Gasteiger partial charge in [-0.15, -0.1) is 0 Å². The van der Waals surface area contributed by atoms with Crippen molar-refractivity contribution in [2.45, 2.75) is 51.0 Å². The molecular weight excluding hydrogens is 282 g/mol. The number of hydrogen-bond donors (Lipinski definition) is 1. The second-order valence-corrected chi connectivity index (χ2v) is 6.69. The number of hydrogen-bond acceptors (Lipinski definition) is 4. The molecule has 2 saturated heterocycles. The summed E-state index contributed by atoms with van der Waals surface area (Å²) in [6.45, 7) is 3.74. The van der Waals surface area contributed by atoms with Gasteiger partial charge in [0.15, 0.2) is 0 Å². The summed E-state index contributed by atoms with van der Waals surface area (Å²) < 4.78 is 0. The summed E-state index contributed by atoms with van der Waals surface area (Å²) in [6.07, 6.45) is 7.58. The standard InChI is InChI=1S/C16H27N3O3/c20-15(19-8-4-10-22-19)11-14-16(21)17-7-9-18(14)12-13-5-2-1-3-6-13/h13-14H,1-12H2,(H,17,21)/t14-/m0/s1. The van der Waals surface area contributed by atoms with E-state index in [-0.39, 0.29) is 24.3 Å². The van der Waals surface area contributed by atoms with Crippen LogP contribution < -0.4 is 5.32 Å². The average Bonchev–Trinajstić information content (AvgIpc) is 3.06. The Morgan fingerprint density at radius 2 is 2.00 bits per heavy atom. The maximum absolute atomic E-state index is 12.3. The molecule has 6 nitrogen and oxygen atoms in total. The molecule has 0 aromatic carbocycles. The highest BCUT2D eigenvalue weighted by Crippen LogP contribution is 2.26. The number of nitrogens with zero attached hydrogens (tertiary/aromatic N) is 2. The summed E-state index contributed by atoms with van der Waals surface area (Å²) in [5.74, 6) is 0.614. The van der Waals surface area contributed by atoms with E-state index < -0.39 is 0 Å². The fourth-order valence-corrected chi connectivity index (χ4v) is 3.82. The largest absolute Gasteiger partial charge is 0.353 e. The van der Waals surface area contributed by atoms with Crippen molar-refractivity contribution in [3.63, 3.8) is 0 Å². The van der Waals surface area contributed by atoms with E-state index in [9.17, 15) is 9.59 Å². The van der Waals surface area contributed by atoms with Crippen molar-refractivity contribution in [2.75, 3.05) is 32.8 Å². The number of carbonyl (C=O) groups excluding carboxylic acids is 2. The van der Waals surface area contributed by atoms with E-state index in [4.69, 9.17) is 4.84 Å². The predicted molar refractivity (Wildman–Crippen MR) is 81.8 cm³/mol. The molecular formula is C16H27N3O3. The zero-order valence-electron chi connectivity index (χ0n) is 13.3. The number of nitrogens with one attached hydrogen (secondary N) is 1. The minimum atomic E-state index is -0.327. The van der Waals surface area contributed by atoms with E-state index in [2.05, 4.69) is 10.2 Å². The molecule has 1 N–H and O–H groups in total. The first-order valence-corrected chi connectivity index (χ1v) is 8.69. The van der Waals surface area contributed by atoms with Crippen molar-refractivity contribution in [2.24, 2.45) is 5.92 Å². The molecule has 0 aromatic rings. The Balaban J connectivity index is 1.59.